The first-order chi connectivity index (χ1) is 8.58. The molecule has 0 fully saturated rings. The SMILES string of the molecule is C/C=C\C(C)Cc1cc(C)c(OCCC)cc1C. The molecule has 0 N–H and O–H groups in total. The number of aryl methyl sites for hydroxylation is 2. The molecule has 1 aromatic rings. The van der Waals surface area contributed by atoms with Crippen molar-refractivity contribution >= 4 is 0 Å². The van der Waals surface area contributed by atoms with Crippen molar-refractivity contribution in [2.45, 2.75) is 47.5 Å². The van der Waals surface area contributed by atoms with E-state index in [1.165, 1.54) is 16.7 Å². The Bertz CT molecular complexity index is 404. The Kier molecular flexibility index (Phi) is 5.97. The predicted octanol–water partition coefficient (Wildman–Crippen LogP) is 4.85. The normalized spacial score (nSPS) is 12.9. The molecule has 1 nitrogen and oxygen atoms in total. The summed E-state index contributed by atoms with van der Waals surface area (Å²) in [5.74, 6) is 1.63. The van der Waals surface area contributed by atoms with Crippen LogP contribution in [0.2, 0.25) is 0 Å². The highest BCUT2D eigenvalue weighted by molar-refractivity contribution is 5.41. The molecule has 0 radical (unpaired) electrons. The maximum atomic E-state index is 5.76. The molecule has 0 saturated carbocycles. The molecule has 18 heavy (non-hydrogen) atoms. The van der Waals surface area contributed by atoms with Crippen molar-refractivity contribution < 1.29 is 4.74 Å². The van der Waals surface area contributed by atoms with E-state index in [2.05, 4.69) is 58.9 Å². The number of hydrogen-bond acceptors (Lipinski definition) is 1. The van der Waals surface area contributed by atoms with Crippen LogP contribution in [0.3, 0.4) is 0 Å². The zero-order valence-corrected chi connectivity index (χ0v) is 12.4. The lowest BCUT2D eigenvalue weighted by molar-refractivity contribution is 0.315. The number of allylic oxidation sites excluding steroid dienone is 2. The monoisotopic (exact) mass is 246 g/mol. The zero-order chi connectivity index (χ0) is 13.5. The molecule has 1 unspecified atom stereocenters. The van der Waals surface area contributed by atoms with Gasteiger partial charge in [-0.3, -0.25) is 0 Å². The number of hydrogen-bond donors (Lipinski definition) is 0. The van der Waals surface area contributed by atoms with E-state index in [1.807, 2.05) is 0 Å². The standard InChI is InChI=1S/C17H26O/c1-6-8-13(3)10-16-11-15(5)17(12-14(16)4)18-9-7-2/h6,8,11-13H,7,9-10H2,1-5H3/b8-6-. The third-order valence-corrected chi connectivity index (χ3v) is 3.16. The lowest BCUT2D eigenvalue weighted by atomic mass is 9.95. The largest absolute Gasteiger partial charge is 0.493 e. The smallest absolute Gasteiger partial charge is 0.122 e. The molecule has 0 aliphatic rings. The third-order valence-electron chi connectivity index (χ3n) is 3.16. The van der Waals surface area contributed by atoms with E-state index < -0.39 is 0 Å². The first-order valence-electron chi connectivity index (χ1n) is 6.94. The molecule has 1 heteroatoms. The fourth-order valence-electron chi connectivity index (χ4n) is 2.18. The van der Waals surface area contributed by atoms with Crippen molar-refractivity contribution in [3.63, 3.8) is 0 Å². The molecule has 0 saturated heterocycles. The number of rotatable bonds is 6. The van der Waals surface area contributed by atoms with Gasteiger partial charge >= 0.3 is 0 Å². The quantitative estimate of drug-likeness (QED) is 0.652. The van der Waals surface area contributed by atoms with E-state index in [0.29, 0.717) is 5.92 Å². The van der Waals surface area contributed by atoms with Gasteiger partial charge in [0.1, 0.15) is 5.75 Å². The average molecular weight is 246 g/mol. The van der Waals surface area contributed by atoms with Crippen LogP contribution >= 0.6 is 0 Å². The van der Waals surface area contributed by atoms with Crippen LogP contribution in [0.1, 0.15) is 43.9 Å². The van der Waals surface area contributed by atoms with Gasteiger partial charge in [-0.1, -0.05) is 32.1 Å². The highest BCUT2D eigenvalue weighted by Crippen LogP contribution is 2.25. The minimum Gasteiger partial charge on any atom is -0.493 e. The van der Waals surface area contributed by atoms with Gasteiger partial charge in [-0.25, -0.2) is 0 Å². The van der Waals surface area contributed by atoms with Crippen LogP contribution in [0, 0.1) is 19.8 Å². The van der Waals surface area contributed by atoms with Crippen molar-refractivity contribution in [3.05, 3.63) is 41.0 Å². The Balaban J connectivity index is 2.85. The van der Waals surface area contributed by atoms with Crippen molar-refractivity contribution in [2.75, 3.05) is 6.61 Å². The minimum absolute atomic E-state index is 0.593. The van der Waals surface area contributed by atoms with Gasteiger partial charge < -0.3 is 4.74 Å². The maximum Gasteiger partial charge on any atom is 0.122 e. The lowest BCUT2D eigenvalue weighted by Gasteiger charge is -2.14. The van der Waals surface area contributed by atoms with E-state index in [4.69, 9.17) is 4.74 Å². The van der Waals surface area contributed by atoms with Crippen LogP contribution in [0.5, 0.6) is 5.75 Å². The molecule has 0 spiro atoms. The van der Waals surface area contributed by atoms with Crippen LogP contribution < -0.4 is 4.74 Å². The topological polar surface area (TPSA) is 9.23 Å². The molecular formula is C17H26O. The molecular weight excluding hydrogens is 220 g/mol. The Morgan fingerprint density at radius 3 is 2.56 bits per heavy atom. The second kappa shape index (κ2) is 7.25. The summed E-state index contributed by atoms with van der Waals surface area (Å²) in [6, 6.07) is 4.46. The van der Waals surface area contributed by atoms with Crippen LogP contribution in [0.4, 0.5) is 0 Å². The van der Waals surface area contributed by atoms with E-state index >= 15 is 0 Å². The summed E-state index contributed by atoms with van der Waals surface area (Å²) >= 11 is 0. The summed E-state index contributed by atoms with van der Waals surface area (Å²) in [4.78, 5) is 0. The van der Waals surface area contributed by atoms with Crippen LogP contribution in [-0.4, -0.2) is 6.61 Å². The maximum absolute atomic E-state index is 5.76. The lowest BCUT2D eigenvalue weighted by Crippen LogP contribution is -2.02. The molecule has 1 atom stereocenters. The molecule has 0 heterocycles. The van der Waals surface area contributed by atoms with Gasteiger partial charge in [-0.15, -0.1) is 0 Å². The Morgan fingerprint density at radius 1 is 1.22 bits per heavy atom. The molecule has 0 bridgehead atoms. The van der Waals surface area contributed by atoms with Gasteiger partial charge in [0.25, 0.3) is 0 Å². The zero-order valence-electron chi connectivity index (χ0n) is 12.4. The third kappa shape index (κ3) is 4.21. The highest BCUT2D eigenvalue weighted by Gasteiger charge is 2.07. The number of ether oxygens (including phenoxy) is 1. The van der Waals surface area contributed by atoms with Crippen LogP contribution in [0.25, 0.3) is 0 Å². The molecule has 1 rings (SSSR count). The molecule has 0 aromatic heterocycles. The fraction of sp³-hybridized carbons (Fsp3) is 0.529. The highest BCUT2D eigenvalue weighted by atomic mass is 16.5. The van der Waals surface area contributed by atoms with Gasteiger partial charge in [-0.2, -0.15) is 0 Å². The Labute approximate surface area is 112 Å². The Morgan fingerprint density at radius 2 is 1.94 bits per heavy atom. The molecule has 1 aromatic carbocycles. The molecule has 0 aliphatic carbocycles. The van der Waals surface area contributed by atoms with Crippen molar-refractivity contribution in [3.8, 4) is 5.75 Å². The minimum atomic E-state index is 0.593. The summed E-state index contributed by atoms with van der Waals surface area (Å²) in [7, 11) is 0. The predicted molar refractivity (Wildman–Crippen MR) is 79.4 cm³/mol. The summed E-state index contributed by atoms with van der Waals surface area (Å²) in [6.45, 7) is 11.6. The van der Waals surface area contributed by atoms with E-state index in [9.17, 15) is 0 Å². The summed E-state index contributed by atoms with van der Waals surface area (Å²) < 4.78 is 5.76. The number of benzene rings is 1. The van der Waals surface area contributed by atoms with E-state index in [-0.39, 0.29) is 0 Å². The Hall–Kier alpha value is -1.24. The van der Waals surface area contributed by atoms with Crippen molar-refractivity contribution in [2.24, 2.45) is 5.92 Å². The van der Waals surface area contributed by atoms with Gasteiger partial charge in [-0.05, 0) is 62.3 Å². The van der Waals surface area contributed by atoms with Crippen LogP contribution in [0.15, 0.2) is 24.3 Å². The molecule has 0 aliphatic heterocycles. The average Bonchev–Trinajstić information content (AvgIpc) is 2.32. The summed E-state index contributed by atoms with van der Waals surface area (Å²) in [6.07, 6.45) is 6.55. The van der Waals surface area contributed by atoms with Crippen molar-refractivity contribution in [1.82, 2.24) is 0 Å². The second-order valence-corrected chi connectivity index (χ2v) is 5.10. The fourth-order valence-corrected chi connectivity index (χ4v) is 2.18. The molecule has 0 amide bonds. The second-order valence-electron chi connectivity index (χ2n) is 5.10. The van der Waals surface area contributed by atoms with Gasteiger partial charge in [0, 0.05) is 0 Å². The summed E-state index contributed by atoms with van der Waals surface area (Å²) in [5.41, 5.74) is 4.02. The molecule has 100 valence electrons. The summed E-state index contributed by atoms with van der Waals surface area (Å²) in [5, 5.41) is 0. The van der Waals surface area contributed by atoms with Crippen LogP contribution in [-0.2, 0) is 6.42 Å². The van der Waals surface area contributed by atoms with E-state index in [1.54, 1.807) is 0 Å². The van der Waals surface area contributed by atoms with Crippen molar-refractivity contribution in [1.29, 1.82) is 0 Å². The van der Waals surface area contributed by atoms with E-state index in [0.717, 1.165) is 25.2 Å². The van der Waals surface area contributed by atoms with Gasteiger partial charge in [0.15, 0.2) is 0 Å². The van der Waals surface area contributed by atoms with Gasteiger partial charge in [0.2, 0.25) is 0 Å². The van der Waals surface area contributed by atoms with Gasteiger partial charge in [0.05, 0.1) is 6.61 Å². The first kappa shape index (κ1) is 14.8. The first-order valence-corrected chi connectivity index (χ1v) is 6.94.